The van der Waals surface area contributed by atoms with E-state index in [2.05, 4.69) is 32.7 Å². The van der Waals surface area contributed by atoms with Gasteiger partial charge in [0.25, 0.3) is 0 Å². The Kier molecular flexibility index (Phi) is 5.89. The predicted molar refractivity (Wildman–Crippen MR) is 107 cm³/mol. The minimum Gasteiger partial charge on any atom is -0.396 e. The average molecular weight is 365 g/mol. The van der Waals surface area contributed by atoms with Crippen molar-refractivity contribution < 1.29 is 10.2 Å². The van der Waals surface area contributed by atoms with Gasteiger partial charge >= 0.3 is 0 Å². The zero-order valence-corrected chi connectivity index (χ0v) is 17.0. The summed E-state index contributed by atoms with van der Waals surface area (Å²) in [6.45, 7) is 13.5. The number of fused-ring (bicyclic) bond motifs is 1. The van der Waals surface area contributed by atoms with Crippen LogP contribution in [0.2, 0.25) is 0 Å². The summed E-state index contributed by atoms with van der Waals surface area (Å²) in [6.07, 6.45) is 5.76. The van der Waals surface area contributed by atoms with Gasteiger partial charge in [0.15, 0.2) is 0 Å². The third-order valence-corrected chi connectivity index (χ3v) is 8.72. The zero-order chi connectivity index (χ0) is 19.1. The van der Waals surface area contributed by atoms with Crippen LogP contribution in [0.5, 0.6) is 0 Å². The molecule has 0 radical (unpaired) electrons. The lowest BCUT2D eigenvalue weighted by molar-refractivity contribution is -0.0932. The number of hydrogen-bond donors (Lipinski definition) is 4. The molecule has 150 valence electrons. The number of aliphatic hydroxyl groups excluding tert-OH is 2. The van der Waals surface area contributed by atoms with Crippen LogP contribution < -0.4 is 11.1 Å². The van der Waals surface area contributed by atoms with Gasteiger partial charge < -0.3 is 21.3 Å². The molecule has 5 N–H and O–H groups in total. The van der Waals surface area contributed by atoms with Gasteiger partial charge in [0, 0.05) is 12.6 Å². The van der Waals surface area contributed by atoms with Crippen molar-refractivity contribution in [3.63, 3.8) is 0 Å². The third-order valence-electron chi connectivity index (χ3n) is 8.72. The summed E-state index contributed by atoms with van der Waals surface area (Å²) in [7, 11) is 0. The molecule has 0 amide bonds. The summed E-state index contributed by atoms with van der Waals surface area (Å²) < 4.78 is 0. The topological polar surface area (TPSA) is 78.5 Å². The molecule has 3 rings (SSSR count). The van der Waals surface area contributed by atoms with Crippen LogP contribution in [0.15, 0.2) is 12.2 Å². The van der Waals surface area contributed by atoms with E-state index < -0.39 is 0 Å². The molecule has 0 saturated heterocycles. The van der Waals surface area contributed by atoms with E-state index in [1.165, 1.54) is 12.0 Å². The van der Waals surface area contributed by atoms with Crippen molar-refractivity contribution in [3.8, 4) is 0 Å². The summed E-state index contributed by atoms with van der Waals surface area (Å²) in [5.41, 5.74) is 7.97. The van der Waals surface area contributed by atoms with Gasteiger partial charge in [-0.25, -0.2) is 0 Å². The fourth-order valence-electron chi connectivity index (χ4n) is 6.86. The van der Waals surface area contributed by atoms with Crippen LogP contribution in [0, 0.1) is 34.5 Å². The minimum absolute atomic E-state index is 0.101. The fourth-order valence-corrected chi connectivity index (χ4v) is 6.86. The molecule has 8 atom stereocenters. The Balaban J connectivity index is 1.92. The highest BCUT2D eigenvalue weighted by atomic mass is 16.3. The Morgan fingerprint density at radius 2 is 1.92 bits per heavy atom. The number of hydrogen-bond acceptors (Lipinski definition) is 4. The van der Waals surface area contributed by atoms with Crippen LogP contribution in [-0.2, 0) is 0 Å². The van der Waals surface area contributed by atoms with E-state index >= 15 is 0 Å². The Morgan fingerprint density at radius 3 is 2.58 bits per heavy atom. The van der Waals surface area contributed by atoms with Crippen LogP contribution in [0.1, 0.15) is 59.3 Å². The predicted octanol–water partition coefficient (Wildman–Crippen LogP) is 2.69. The fraction of sp³-hybridized carbons (Fsp3) is 0.909. The molecule has 4 heteroatoms. The maximum Gasteiger partial charge on any atom is 0.0544 e. The lowest BCUT2D eigenvalue weighted by Gasteiger charge is -2.56. The second kappa shape index (κ2) is 7.54. The van der Waals surface area contributed by atoms with E-state index in [-0.39, 0.29) is 35.5 Å². The highest BCUT2D eigenvalue weighted by Gasteiger charge is 2.57. The number of aliphatic hydroxyl groups is 2. The van der Waals surface area contributed by atoms with E-state index in [9.17, 15) is 10.2 Å². The van der Waals surface area contributed by atoms with Crippen molar-refractivity contribution in [1.29, 1.82) is 0 Å². The van der Waals surface area contributed by atoms with E-state index in [1.54, 1.807) is 0 Å². The molecule has 0 bridgehead atoms. The Bertz CT molecular complexity index is 524. The molecular formula is C22H40N2O2. The Hall–Kier alpha value is -0.420. The van der Waals surface area contributed by atoms with Gasteiger partial charge in [0.1, 0.15) is 0 Å². The van der Waals surface area contributed by atoms with E-state index in [1.807, 2.05) is 0 Å². The van der Waals surface area contributed by atoms with E-state index in [4.69, 9.17) is 5.73 Å². The van der Waals surface area contributed by atoms with Gasteiger partial charge in [-0.3, -0.25) is 0 Å². The summed E-state index contributed by atoms with van der Waals surface area (Å²) in [6, 6.07) is 0.127. The second-order valence-corrected chi connectivity index (χ2v) is 9.82. The van der Waals surface area contributed by atoms with Gasteiger partial charge in [-0.2, -0.15) is 0 Å². The quantitative estimate of drug-likeness (QED) is 0.566. The van der Waals surface area contributed by atoms with Gasteiger partial charge in [0.05, 0.1) is 6.10 Å². The summed E-state index contributed by atoms with van der Waals surface area (Å²) in [5, 5.41) is 23.9. The van der Waals surface area contributed by atoms with Crippen LogP contribution in [0.4, 0.5) is 0 Å². The molecule has 0 heterocycles. The first-order chi connectivity index (χ1) is 12.3. The van der Waals surface area contributed by atoms with Crippen molar-refractivity contribution >= 4 is 0 Å². The van der Waals surface area contributed by atoms with Crippen molar-refractivity contribution in [3.05, 3.63) is 12.2 Å². The first-order valence-electron chi connectivity index (χ1n) is 10.7. The molecule has 0 aromatic carbocycles. The smallest absolute Gasteiger partial charge is 0.0544 e. The maximum atomic E-state index is 10.2. The Labute approximate surface area is 159 Å². The van der Waals surface area contributed by atoms with Crippen molar-refractivity contribution in [2.75, 3.05) is 19.7 Å². The van der Waals surface area contributed by atoms with Crippen LogP contribution in [0.25, 0.3) is 0 Å². The zero-order valence-electron chi connectivity index (χ0n) is 17.0. The van der Waals surface area contributed by atoms with E-state index in [0.29, 0.717) is 17.8 Å². The van der Waals surface area contributed by atoms with Crippen LogP contribution in [0.3, 0.4) is 0 Å². The highest BCUT2D eigenvalue weighted by molar-refractivity contribution is 5.26. The van der Waals surface area contributed by atoms with Crippen molar-refractivity contribution in [2.45, 2.75) is 71.4 Å². The van der Waals surface area contributed by atoms with Crippen LogP contribution >= 0.6 is 0 Å². The molecule has 0 aliphatic heterocycles. The Morgan fingerprint density at radius 1 is 1.19 bits per heavy atom. The van der Waals surface area contributed by atoms with Crippen molar-refractivity contribution in [1.82, 2.24) is 5.32 Å². The normalized spacial score (nSPS) is 49.2. The monoisotopic (exact) mass is 364 g/mol. The molecule has 26 heavy (non-hydrogen) atoms. The second-order valence-electron chi connectivity index (χ2n) is 9.82. The minimum atomic E-state index is -0.249. The number of nitrogens with two attached hydrogens (primary N) is 1. The van der Waals surface area contributed by atoms with Gasteiger partial charge in [-0.15, -0.1) is 0 Å². The lowest BCUT2D eigenvalue weighted by Crippen LogP contribution is -2.53. The average Bonchev–Trinajstić information content (AvgIpc) is 2.85. The molecular weight excluding hydrogens is 324 g/mol. The highest BCUT2D eigenvalue weighted by Crippen LogP contribution is 2.63. The third kappa shape index (κ3) is 3.17. The lowest BCUT2D eigenvalue weighted by atomic mass is 9.49. The van der Waals surface area contributed by atoms with Crippen LogP contribution in [-0.4, -0.2) is 42.1 Å². The maximum absolute atomic E-state index is 10.2. The summed E-state index contributed by atoms with van der Waals surface area (Å²) in [4.78, 5) is 0. The molecule has 0 aromatic heterocycles. The molecule has 3 aliphatic carbocycles. The largest absolute Gasteiger partial charge is 0.396 e. The summed E-state index contributed by atoms with van der Waals surface area (Å²) in [5.74, 6) is 1.91. The van der Waals surface area contributed by atoms with Gasteiger partial charge in [-0.1, -0.05) is 32.9 Å². The van der Waals surface area contributed by atoms with Gasteiger partial charge in [-0.05, 0) is 86.1 Å². The molecule has 3 unspecified atom stereocenters. The SMILES string of the molecule is C=C1C(N)CC2[C@H](CNCC)C([C@@]3(C)CC[C@H](O)C[C@@H]3CO)CC[C@]12C. The van der Waals surface area contributed by atoms with Gasteiger partial charge in [0.2, 0.25) is 0 Å². The van der Waals surface area contributed by atoms with E-state index in [0.717, 1.165) is 45.2 Å². The molecule has 3 fully saturated rings. The molecule has 4 nitrogen and oxygen atoms in total. The number of rotatable bonds is 5. The molecule has 0 spiro atoms. The molecule has 3 aliphatic rings. The standard InChI is InChI=1S/C22H40N2O2/c1-5-24-12-17-18(22(4)8-6-16(26)10-15(22)13-25)7-9-21(3)14(2)20(23)11-19(17)21/h15-20,24-26H,2,5-13,23H2,1,3-4H3/t15-,16+,17-,18?,19?,20?,21-,22+/m1/s1. The first-order valence-corrected chi connectivity index (χ1v) is 10.7. The first kappa shape index (κ1) is 20.3. The molecule has 0 aromatic rings. The summed E-state index contributed by atoms with van der Waals surface area (Å²) >= 11 is 0. The molecule has 3 saturated carbocycles. The number of nitrogens with one attached hydrogen (secondary N) is 1. The van der Waals surface area contributed by atoms with Crippen molar-refractivity contribution in [2.24, 2.45) is 40.2 Å².